The van der Waals surface area contributed by atoms with Gasteiger partial charge in [0.15, 0.2) is 0 Å². The first-order valence-corrected chi connectivity index (χ1v) is 5.86. The smallest absolute Gasteiger partial charge is 0.00364 e. The molecule has 0 bridgehead atoms. The summed E-state index contributed by atoms with van der Waals surface area (Å²) < 4.78 is 0. The van der Waals surface area contributed by atoms with Gasteiger partial charge >= 0.3 is 0 Å². The SMILES string of the molecule is CCCC(C)(CCC)CCBr. The van der Waals surface area contributed by atoms with Crippen molar-refractivity contribution < 1.29 is 0 Å². The molecule has 0 rings (SSSR count). The van der Waals surface area contributed by atoms with Gasteiger partial charge in [0, 0.05) is 5.33 Å². The first-order valence-electron chi connectivity index (χ1n) is 4.74. The van der Waals surface area contributed by atoms with E-state index in [9.17, 15) is 0 Å². The third kappa shape index (κ3) is 4.84. The molecule has 0 N–H and O–H groups in total. The first-order chi connectivity index (χ1) is 5.18. The summed E-state index contributed by atoms with van der Waals surface area (Å²) in [5.41, 5.74) is 0.604. The minimum Gasteiger partial charge on any atom is -0.0928 e. The van der Waals surface area contributed by atoms with Crippen molar-refractivity contribution >= 4 is 15.9 Å². The van der Waals surface area contributed by atoms with Gasteiger partial charge < -0.3 is 0 Å². The lowest BCUT2D eigenvalue weighted by Crippen LogP contribution is -2.16. The zero-order chi connectivity index (χ0) is 8.74. The molecule has 0 unspecified atom stereocenters. The van der Waals surface area contributed by atoms with Gasteiger partial charge in [-0.15, -0.1) is 0 Å². The highest BCUT2D eigenvalue weighted by Gasteiger charge is 2.20. The van der Waals surface area contributed by atoms with Crippen molar-refractivity contribution in [3.8, 4) is 0 Å². The van der Waals surface area contributed by atoms with Crippen LogP contribution in [0.3, 0.4) is 0 Å². The predicted molar refractivity (Wildman–Crippen MR) is 56.3 cm³/mol. The maximum Gasteiger partial charge on any atom is 0.00364 e. The molecule has 1 heteroatoms. The van der Waals surface area contributed by atoms with Crippen molar-refractivity contribution in [2.75, 3.05) is 5.33 Å². The average molecular weight is 221 g/mol. The van der Waals surface area contributed by atoms with Gasteiger partial charge in [0.05, 0.1) is 0 Å². The second kappa shape index (κ2) is 6.05. The number of rotatable bonds is 6. The molecule has 0 nitrogen and oxygen atoms in total. The molecule has 0 spiro atoms. The minimum absolute atomic E-state index is 0.604. The van der Waals surface area contributed by atoms with Crippen LogP contribution in [0.1, 0.15) is 52.9 Å². The standard InChI is InChI=1S/C10H21Br/c1-4-6-10(3,7-5-2)8-9-11/h4-9H2,1-3H3. The molecule has 0 fully saturated rings. The molecule has 0 aliphatic rings. The Morgan fingerprint density at radius 1 is 1.00 bits per heavy atom. The molecule has 0 aromatic heterocycles. The van der Waals surface area contributed by atoms with Crippen LogP contribution in [0.15, 0.2) is 0 Å². The summed E-state index contributed by atoms with van der Waals surface area (Å²) >= 11 is 3.53. The molecule has 0 saturated heterocycles. The number of halogens is 1. The van der Waals surface area contributed by atoms with Crippen molar-refractivity contribution in [2.45, 2.75) is 52.9 Å². The first kappa shape index (κ1) is 11.5. The van der Waals surface area contributed by atoms with E-state index in [2.05, 4.69) is 36.7 Å². The molecule has 0 heterocycles. The van der Waals surface area contributed by atoms with Crippen LogP contribution in [0.25, 0.3) is 0 Å². The van der Waals surface area contributed by atoms with Gasteiger partial charge in [-0.25, -0.2) is 0 Å². The normalized spacial score (nSPS) is 12.0. The van der Waals surface area contributed by atoms with Crippen LogP contribution in [-0.4, -0.2) is 5.33 Å². The third-order valence-electron chi connectivity index (χ3n) is 2.41. The third-order valence-corrected chi connectivity index (χ3v) is 2.80. The fourth-order valence-corrected chi connectivity index (χ4v) is 2.77. The van der Waals surface area contributed by atoms with E-state index >= 15 is 0 Å². The highest BCUT2D eigenvalue weighted by atomic mass is 79.9. The lowest BCUT2D eigenvalue weighted by Gasteiger charge is -2.28. The Labute approximate surface area is 79.9 Å². The molecule has 0 amide bonds. The van der Waals surface area contributed by atoms with E-state index in [1.807, 2.05) is 0 Å². The molecule has 0 aliphatic carbocycles. The number of alkyl halides is 1. The van der Waals surface area contributed by atoms with E-state index in [0.717, 1.165) is 5.33 Å². The van der Waals surface area contributed by atoms with Gasteiger partial charge in [-0.05, 0) is 24.7 Å². The van der Waals surface area contributed by atoms with Crippen LogP contribution in [0.5, 0.6) is 0 Å². The van der Waals surface area contributed by atoms with Crippen LogP contribution >= 0.6 is 15.9 Å². The molecular weight excluding hydrogens is 200 g/mol. The maximum absolute atomic E-state index is 3.53. The Kier molecular flexibility index (Phi) is 6.31. The van der Waals surface area contributed by atoms with Gasteiger partial charge in [-0.1, -0.05) is 49.5 Å². The molecular formula is C10H21Br. The summed E-state index contributed by atoms with van der Waals surface area (Å²) in [6, 6.07) is 0. The van der Waals surface area contributed by atoms with Gasteiger partial charge in [0.2, 0.25) is 0 Å². The summed E-state index contributed by atoms with van der Waals surface area (Å²) in [5.74, 6) is 0. The molecule has 0 aliphatic heterocycles. The van der Waals surface area contributed by atoms with Gasteiger partial charge in [0.25, 0.3) is 0 Å². The van der Waals surface area contributed by atoms with Crippen molar-refractivity contribution in [3.63, 3.8) is 0 Å². The largest absolute Gasteiger partial charge is 0.0928 e. The highest BCUT2D eigenvalue weighted by Crippen LogP contribution is 2.33. The van der Waals surface area contributed by atoms with Gasteiger partial charge in [-0.2, -0.15) is 0 Å². The zero-order valence-corrected chi connectivity index (χ0v) is 9.71. The van der Waals surface area contributed by atoms with Crippen LogP contribution in [0.4, 0.5) is 0 Å². The lowest BCUT2D eigenvalue weighted by molar-refractivity contribution is 0.258. The van der Waals surface area contributed by atoms with E-state index < -0.39 is 0 Å². The van der Waals surface area contributed by atoms with E-state index in [0.29, 0.717) is 5.41 Å². The molecule has 68 valence electrons. The molecule has 11 heavy (non-hydrogen) atoms. The number of hydrogen-bond acceptors (Lipinski definition) is 0. The van der Waals surface area contributed by atoms with Crippen LogP contribution < -0.4 is 0 Å². The van der Waals surface area contributed by atoms with E-state index in [1.54, 1.807) is 0 Å². The summed E-state index contributed by atoms with van der Waals surface area (Å²) in [6.45, 7) is 6.98. The topological polar surface area (TPSA) is 0 Å². The minimum atomic E-state index is 0.604. The van der Waals surface area contributed by atoms with Crippen molar-refractivity contribution in [3.05, 3.63) is 0 Å². The summed E-state index contributed by atoms with van der Waals surface area (Å²) in [7, 11) is 0. The zero-order valence-electron chi connectivity index (χ0n) is 8.12. The average Bonchev–Trinajstić information content (AvgIpc) is 1.88. The Hall–Kier alpha value is 0.480. The van der Waals surface area contributed by atoms with Gasteiger partial charge in [-0.3, -0.25) is 0 Å². The fraction of sp³-hybridized carbons (Fsp3) is 1.00. The van der Waals surface area contributed by atoms with E-state index in [4.69, 9.17) is 0 Å². The van der Waals surface area contributed by atoms with Crippen LogP contribution in [-0.2, 0) is 0 Å². The molecule has 0 aromatic carbocycles. The predicted octanol–water partition coefficient (Wildman–Crippen LogP) is 4.38. The van der Waals surface area contributed by atoms with Crippen molar-refractivity contribution in [1.29, 1.82) is 0 Å². The quantitative estimate of drug-likeness (QED) is 0.584. The maximum atomic E-state index is 3.53. The van der Waals surface area contributed by atoms with E-state index in [1.165, 1.54) is 32.1 Å². The lowest BCUT2D eigenvalue weighted by atomic mass is 9.79. The second-order valence-corrected chi connectivity index (χ2v) is 4.54. The molecule has 0 saturated carbocycles. The summed E-state index contributed by atoms with van der Waals surface area (Å²) in [5, 5.41) is 1.16. The molecule has 0 aromatic rings. The number of hydrogen-bond donors (Lipinski definition) is 0. The molecule has 0 atom stereocenters. The summed E-state index contributed by atoms with van der Waals surface area (Å²) in [4.78, 5) is 0. The van der Waals surface area contributed by atoms with Crippen molar-refractivity contribution in [1.82, 2.24) is 0 Å². The van der Waals surface area contributed by atoms with E-state index in [-0.39, 0.29) is 0 Å². The molecule has 0 radical (unpaired) electrons. The monoisotopic (exact) mass is 220 g/mol. The Morgan fingerprint density at radius 3 is 1.73 bits per heavy atom. The Balaban J connectivity index is 3.79. The second-order valence-electron chi connectivity index (χ2n) is 3.75. The van der Waals surface area contributed by atoms with Crippen LogP contribution in [0.2, 0.25) is 0 Å². The fourth-order valence-electron chi connectivity index (χ4n) is 1.81. The Bertz CT molecular complexity index is 71.9. The highest BCUT2D eigenvalue weighted by molar-refractivity contribution is 9.09. The van der Waals surface area contributed by atoms with Crippen molar-refractivity contribution in [2.24, 2.45) is 5.41 Å². The van der Waals surface area contributed by atoms with Crippen LogP contribution in [0, 0.1) is 5.41 Å². The summed E-state index contributed by atoms with van der Waals surface area (Å²) in [6.07, 6.45) is 6.74. The Morgan fingerprint density at radius 2 is 1.45 bits per heavy atom. The van der Waals surface area contributed by atoms with Gasteiger partial charge in [0.1, 0.15) is 0 Å².